The van der Waals surface area contributed by atoms with Gasteiger partial charge in [-0.15, -0.1) is 0 Å². The van der Waals surface area contributed by atoms with Crippen molar-refractivity contribution in [2.24, 2.45) is 46.3 Å². The van der Waals surface area contributed by atoms with Gasteiger partial charge in [-0.25, -0.2) is 8.78 Å². The fraction of sp³-hybridized carbons (Fsp3) is 0.959. The van der Waals surface area contributed by atoms with Gasteiger partial charge in [0.25, 0.3) is 0 Å². The molecule has 4 aliphatic rings. The normalized spacial score (nSPS) is 28.5. The molecule has 0 spiro atoms. The van der Waals surface area contributed by atoms with E-state index >= 15 is 0 Å². The molecule has 0 aliphatic heterocycles. The molecule has 0 heterocycles. The third kappa shape index (κ3) is 12.0. The van der Waals surface area contributed by atoms with Gasteiger partial charge in [0, 0.05) is 13.2 Å². The van der Waals surface area contributed by atoms with Crippen LogP contribution in [0.5, 0.6) is 0 Å². The number of hydrogen-bond acceptors (Lipinski definition) is 4. The number of halogens is 16. The Kier molecular flexibility index (Phi) is 19.9. The van der Waals surface area contributed by atoms with Crippen LogP contribution in [0.25, 0.3) is 0 Å². The average molecular weight is 1030 g/mol. The van der Waals surface area contributed by atoms with Crippen LogP contribution in [-0.2, 0) is 14.2 Å². The quantitative estimate of drug-likeness (QED) is 0.0424. The van der Waals surface area contributed by atoms with Gasteiger partial charge < -0.3 is 19.1 Å². The molecule has 0 bridgehead atoms. The van der Waals surface area contributed by atoms with E-state index in [4.69, 9.17) is 9.47 Å². The van der Waals surface area contributed by atoms with Gasteiger partial charge in [-0.2, -0.15) is 61.5 Å². The van der Waals surface area contributed by atoms with Gasteiger partial charge in [0.15, 0.2) is 0 Å². The van der Waals surface area contributed by atoms with E-state index in [-0.39, 0.29) is 24.7 Å². The number of unbranched alkanes of at least 4 members (excludes halogenated alkanes) is 5. The van der Waals surface area contributed by atoms with Gasteiger partial charge >= 0.3 is 47.9 Å². The summed E-state index contributed by atoms with van der Waals surface area (Å²) in [5.41, 5.74) is 2.31. The van der Waals surface area contributed by atoms with Crippen LogP contribution < -0.4 is 0 Å². The SMILES string of the molecule is CC(C)CCC[C@@H](C)[C@H]1CC[C@H]2[C@@H]3CC=C4C[C@@H](OCCCCCCCCOCC(COCC(F)(F)C(F)(F)C(F)(F)C(F)(F)C(F)(F)C(F)(F)C(F)(F)C(F)F)N(C)C)CC[C@]4(C)[C@H]3CC[C@]12C. The summed E-state index contributed by atoms with van der Waals surface area (Å²) < 4.78 is 235. The molecule has 0 aromatic carbocycles. The van der Waals surface area contributed by atoms with Crippen molar-refractivity contribution in [2.75, 3.05) is 47.1 Å². The van der Waals surface area contributed by atoms with Gasteiger partial charge in [0.1, 0.15) is 6.61 Å². The molecular weight excluding hydrogens is 955 g/mol. The largest absolute Gasteiger partial charge is 0.384 e. The third-order valence-electron chi connectivity index (χ3n) is 16.7. The lowest BCUT2D eigenvalue weighted by Crippen LogP contribution is -2.74. The van der Waals surface area contributed by atoms with Crippen LogP contribution in [0.2, 0.25) is 0 Å². The van der Waals surface area contributed by atoms with E-state index in [0.29, 0.717) is 18.4 Å². The first-order valence-corrected chi connectivity index (χ1v) is 24.7. The lowest BCUT2D eigenvalue weighted by molar-refractivity contribution is -0.448. The summed E-state index contributed by atoms with van der Waals surface area (Å²) in [5, 5.41) is 0. The molecule has 3 fully saturated rings. The Morgan fingerprint density at radius 1 is 0.638 bits per heavy atom. The highest BCUT2D eigenvalue weighted by molar-refractivity contribution is 5.25. The van der Waals surface area contributed by atoms with Crippen LogP contribution >= 0.6 is 0 Å². The number of hydrogen-bond donors (Lipinski definition) is 0. The zero-order valence-corrected chi connectivity index (χ0v) is 41.0. The topological polar surface area (TPSA) is 30.9 Å². The predicted octanol–water partition coefficient (Wildman–Crippen LogP) is 15.4. The first kappa shape index (κ1) is 60.0. The standard InChI is InChI=1S/C49H75F16NO3/c1-31(2)15-14-16-32(3)37-19-20-38-36-18-17-33-27-35(21-23-41(33,4)39(36)22-24-42(37,38)5)69-26-13-11-9-8-10-12-25-67-28-34(66(6)7)29-68-30-43(52,53)45(56,57)47(60,61)49(64,65)48(62,63)46(58,59)44(54,55)40(50)51/h17,31-32,34-40H,8-16,18-30H2,1-7H3/t32-,34?,35+,36+,37-,38+,39+,41+,42-/m1/s1. The second kappa shape index (κ2) is 22.9. The maximum Gasteiger partial charge on any atom is 0.384 e. The smallest absolute Gasteiger partial charge is 0.380 e. The number of allylic oxidation sites excluding steroid dienone is 1. The number of rotatable bonds is 29. The summed E-state index contributed by atoms with van der Waals surface area (Å²) in [5.74, 6) is -50.1. The monoisotopic (exact) mass is 1030 g/mol. The predicted molar refractivity (Wildman–Crippen MR) is 230 cm³/mol. The summed E-state index contributed by atoms with van der Waals surface area (Å²) in [7, 11) is 2.69. The zero-order valence-electron chi connectivity index (χ0n) is 41.0. The molecule has 0 radical (unpaired) electrons. The Morgan fingerprint density at radius 2 is 1.20 bits per heavy atom. The minimum atomic E-state index is -8.43. The highest BCUT2D eigenvalue weighted by Gasteiger charge is 2.93. The number of likely N-dealkylation sites (N-methyl/N-ethyl adjacent to an activating group) is 1. The van der Waals surface area contributed by atoms with Crippen LogP contribution in [0, 0.1) is 46.3 Å². The Morgan fingerprint density at radius 3 is 1.80 bits per heavy atom. The fourth-order valence-corrected chi connectivity index (χ4v) is 12.2. The number of fused-ring (bicyclic) bond motifs is 5. The number of alkyl halides is 16. The van der Waals surface area contributed by atoms with Crippen molar-refractivity contribution in [1.29, 1.82) is 0 Å². The van der Waals surface area contributed by atoms with Crippen LogP contribution in [0.1, 0.15) is 144 Å². The number of ether oxygens (including phenoxy) is 3. The molecule has 4 nitrogen and oxygen atoms in total. The van der Waals surface area contributed by atoms with Crippen molar-refractivity contribution in [3.8, 4) is 0 Å². The maximum absolute atomic E-state index is 14.3. The van der Waals surface area contributed by atoms with Crippen molar-refractivity contribution in [3.63, 3.8) is 0 Å². The highest BCUT2D eigenvalue weighted by atomic mass is 19.4. The molecule has 4 aliphatic carbocycles. The summed E-state index contributed by atoms with van der Waals surface area (Å²) in [4.78, 5) is 1.27. The lowest BCUT2D eigenvalue weighted by atomic mass is 9.47. The molecule has 0 N–H and O–H groups in total. The summed E-state index contributed by atoms with van der Waals surface area (Å²) in [6.45, 7) is 8.97. The Hall–Kier alpha value is -1.54. The summed E-state index contributed by atoms with van der Waals surface area (Å²) in [6, 6.07) is -1.04. The van der Waals surface area contributed by atoms with Gasteiger partial charge in [0.2, 0.25) is 0 Å². The minimum Gasteiger partial charge on any atom is -0.380 e. The molecule has 9 atom stereocenters. The van der Waals surface area contributed by atoms with Crippen molar-refractivity contribution >= 4 is 0 Å². The molecule has 406 valence electrons. The Labute approximate surface area is 397 Å². The van der Waals surface area contributed by atoms with E-state index in [2.05, 4.69) is 45.4 Å². The van der Waals surface area contributed by atoms with Crippen molar-refractivity contribution < 1.29 is 84.5 Å². The molecule has 0 amide bonds. The third-order valence-corrected chi connectivity index (χ3v) is 16.7. The van der Waals surface area contributed by atoms with E-state index in [1.165, 1.54) is 70.4 Å². The molecule has 0 aromatic heterocycles. The second-order valence-corrected chi connectivity index (χ2v) is 21.9. The van der Waals surface area contributed by atoms with E-state index < -0.39 is 67.1 Å². The zero-order chi connectivity index (χ0) is 52.2. The average Bonchev–Trinajstić information content (AvgIpc) is 3.61. The van der Waals surface area contributed by atoms with E-state index in [9.17, 15) is 70.2 Å². The summed E-state index contributed by atoms with van der Waals surface area (Å²) in [6.07, 6.45) is 15.7. The summed E-state index contributed by atoms with van der Waals surface area (Å²) >= 11 is 0. The Balaban J connectivity index is 1.12. The van der Waals surface area contributed by atoms with E-state index in [1.807, 2.05) is 0 Å². The number of nitrogens with zero attached hydrogens (tertiary/aromatic N) is 1. The first-order chi connectivity index (χ1) is 31.7. The van der Waals surface area contributed by atoms with Gasteiger partial charge in [-0.05, 0) is 125 Å². The van der Waals surface area contributed by atoms with E-state index in [1.54, 1.807) is 5.57 Å². The molecule has 20 heteroatoms. The minimum absolute atomic E-state index is 0.156. The lowest BCUT2D eigenvalue weighted by Gasteiger charge is -2.58. The van der Waals surface area contributed by atoms with Gasteiger partial charge in [-0.1, -0.05) is 91.2 Å². The van der Waals surface area contributed by atoms with Gasteiger partial charge in [0.05, 0.1) is 25.4 Å². The molecular formula is C49H75F16NO3. The van der Waals surface area contributed by atoms with Crippen molar-refractivity contribution in [3.05, 3.63) is 11.6 Å². The highest BCUT2D eigenvalue weighted by Crippen LogP contribution is 2.68. The molecule has 69 heavy (non-hydrogen) atoms. The van der Waals surface area contributed by atoms with Crippen LogP contribution in [0.3, 0.4) is 0 Å². The van der Waals surface area contributed by atoms with Crippen molar-refractivity contribution in [1.82, 2.24) is 4.90 Å². The molecule has 3 saturated carbocycles. The van der Waals surface area contributed by atoms with Crippen LogP contribution in [-0.4, -0.2) is 112 Å². The second-order valence-electron chi connectivity index (χ2n) is 21.9. The fourth-order valence-electron chi connectivity index (χ4n) is 12.2. The molecule has 0 saturated heterocycles. The first-order valence-electron chi connectivity index (χ1n) is 24.7. The van der Waals surface area contributed by atoms with Crippen LogP contribution in [0.15, 0.2) is 11.6 Å². The molecule has 4 rings (SSSR count). The molecule has 1 unspecified atom stereocenters. The molecule has 0 aromatic rings. The van der Waals surface area contributed by atoms with Gasteiger partial charge in [-0.3, -0.25) is 0 Å². The van der Waals surface area contributed by atoms with E-state index in [0.717, 1.165) is 86.9 Å². The van der Waals surface area contributed by atoms with Crippen LogP contribution in [0.4, 0.5) is 70.2 Å². The van der Waals surface area contributed by atoms with Crippen molar-refractivity contribution in [2.45, 2.75) is 204 Å². The Bertz CT molecular complexity index is 1650. The maximum atomic E-state index is 14.3.